The maximum Gasteiger partial charge on any atom is 0.334 e. The number of hydrogen-bond donors (Lipinski definition) is 1. The fourth-order valence-corrected chi connectivity index (χ4v) is 1.40. The molecule has 19 heavy (non-hydrogen) atoms. The molecule has 1 rings (SSSR count). The van der Waals surface area contributed by atoms with Gasteiger partial charge in [-0.3, -0.25) is 10.1 Å². The minimum Gasteiger partial charge on any atom is -0.463 e. The van der Waals surface area contributed by atoms with Crippen LogP contribution in [0, 0.1) is 10.1 Å². The van der Waals surface area contributed by atoms with Crippen molar-refractivity contribution < 1.29 is 14.5 Å². The number of nitro groups is 1. The van der Waals surface area contributed by atoms with Crippen LogP contribution in [0.2, 0.25) is 0 Å². The second-order valence-corrected chi connectivity index (χ2v) is 3.85. The maximum absolute atomic E-state index is 11.3. The molecule has 0 radical (unpaired) electrons. The van der Waals surface area contributed by atoms with Crippen LogP contribution in [0.5, 0.6) is 0 Å². The van der Waals surface area contributed by atoms with E-state index in [1.165, 1.54) is 12.1 Å². The van der Waals surface area contributed by atoms with Crippen LogP contribution in [-0.4, -0.2) is 24.0 Å². The van der Waals surface area contributed by atoms with Gasteiger partial charge >= 0.3 is 5.97 Å². The summed E-state index contributed by atoms with van der Waals surface area (Å²) in [5.41, 5.74) is 1.30. The first-order chi connectivity index (χ1) is 9.04. The number of ether oxygens (including phenoxy) is 1. The number of esters is 1. The van der Waals surface area contributed by atoms with Crippen LogP contribution in [0.1, 0.15) is 12.5 Å². The lowest BCUT2D eigenvalue weighted by Gasteiger charge is -2.07. The molecule has 0 spiro atoms. The van der Waals surface area contributed by atoms with Gasteiger partial charge in [-0.15, -0.1) is 0 Å². The van der Waals surface area contributed by atoms with Crippen molar-refractivity contribution in [1.29, 1.82) is 0 Å². The summed E-state index contributed by atoms with van der Waals surface area (Å²) < 4.78 is 4.80. The topological polar surface area (TPSA) is 81.5 Å². The lowest BCUT2D eigenvalue weighted by atomic mass is 10.2. The second kappa shape index (κ2) is 7.27. The monoisotopic (exact) mass is 264 g/mol. The van der Waals surface area contributed by atoms with E-state index in [2.05, 4.69) is 11.9 Å². The minimum atomic E-state index is -0.445. The van der Waals surface area contributed by atoms with Gasteiger partial charge in [-0.2, -0.15) is 0 Å². The van der Waals surface area contributed by atoms with Gasteiger partial charge in [0.1, 0.15) is 0 Å². The molecule has 0 unspecified atom stereocenters. The fraction of sp³-hybridized carbons (Fsp3) is 0.308. The van der Waals surface area contributed by atoms with Crippen LogP contribution in [0.15, 0.2) is 36.4 Å². The van der Waals surface area contributed by atoms with Crippen LogP contribution in [0.4, 0.5) is 5.69 Å². The summed E-state index contributed by atoms with van der Waals surface area (Å²) in [7, 11) is 0. The predicted octanol–water partition coefficient (Wildman–Crippen LogP) is 1.80. The zero-order valence-corrected chi connectivity index (χ0v) is 10.7. The predicted molar refractivity (Wildman–Crippen MR) is 70.6 cm³/mol. The Morgan fingerprint density at radius 2 is 2.05 bits per heavy atom. The standard InChI is InChI=1S/C13H16N2O4/c1-3-19-13(16)10(2)8-14-9-11-4-6-12(7-5-11)15(17)18/h4-7,14H,2-3,8-9H2,1H3. The highest BCUT2D eigenvalue weighted by Crippen LogP contribution is 2.11. The lowest BCUT2D eigenvalue weighted by Crippen LogP contribution is -2.21. The Morgan fingerprint density at radius 1 is 1.42 bits per heavy atom. The van der Waals surface area contributed by atoms with Gasteiger partial charge in [0.05, 0.1) is 11.5 Å². The second-order valence-electron chi connectivity index (χ2n) is 3.85. The maximum atomic E-state index is 11.3. The zero-order valence-electron chi connectivity index (χ0n) is 10.7. The van der Waals surface area contributed by atoms with Gasteiger partial charge in [0.2, 0.25) is 0 Å². The number of nitrogens with one attached hydrogen (secondary N) is 1. The highest BCUT2D eigenvalue weighted by Gasteiger charge is 2.07. The molecule has 1 aromatic rings. The minimum absolute atomic E-state index is 0.0553. The van der Waals surface area contributed by atoms with E-state index in [9.17, 15) is 14.9 Å². The van der Waals surface area contributed by atoms with Gasteiger partial charge in [-0.1, -0.05) is 18.7 Å². The van der Waals surface area contributed by atoms with E-state index in [1.807, 2.05) is 0 Å². The highest BCUT2D eigenvalue weighted by atomic mass is 16.6. The molecular formula is C13H16N2O4. The number of benzene rings is 1. The van der Waals surface area contributed by atoms with Crippen LogP contribution in [-0.2, 0) is 16.1 Å². The molecule has 1 aromatic carbocycles. The van der Waals surface area contributed by atoms with Crippen LogP contribution >= 0.6 is 0 Å². The molecule has 0 aromatic heterocycles. The normalized spacial score (nSPS) is 9.95. The average molecular weight is 264 g/mol. The molecule has 6 heteroatoms. The first-order valence-corrected chi connectivity index (χ1v) is 5.83. The quantitative estimate of drug-likeness (QED) is 0.351. The Bertz CT molecular complexity index is 468. The van der Waals surface area contributed by atoms with Crippen LogP contribution < -0.4 is 5.32 Å². The molecule has 0 saturated carbocycles. The van der Waals surface area contributed by atoms with Gasteiger partial charge in [-0.25, -0.2) is 4.79 Å². The third kappa shape index (κ3) is 4.89. The molecule has 0 fully saturated rings. The average Bonchev–Trinajstić information content (AvgIpc) is 2.39. The Labute approximate surface area is 111 Å². The highest BCUT2D eigenvalue weighted by molar-refractivity contribution is 5.88. The molecule has 0 atom stereocenters. The van der Waals surface area contributed by atoms with E-state index < -0.39 is 10.9 Å². The van der Waals surface area contributed by atoms with Crippen molar-refractivity contribution in [3.05, 3.63) is 52.1 Å². The molecular weight excluding hydrogens is 248 g/mol. The van der Waals surface area contributed by atoms with Crippen LogP contribution in [0.25, 0.3) is 0 Å². The molecule has 0 heterocycles. The summed E-state index contributed by atoms with van der Waals surface area (Å²) >= 11 is 0. The molecule has 6 nitrogen and oxygen atoms in total. The van der Waals surface area contributed by atoms with E-state index in [0.29, 0.717) is 25.3 Å². The number of carbonyl (C=O) groups excluding carboxylic acids is 1. The number of nitrogens with zero attached hydrogens (tertiary/aromatic N) is 1. The first-order valence-electron chi connectivity index (χ1n) is 5.83. The van der Waals surface area contributed by atoms with E-state index in [0.717, 1.165) is 5.56 Å². The molecule has 0 bridgehead atoms. The largest absolute Gasteiger partial charge is 0.463 e. The molecule has 0 aliphatic heterocycles. The van der Waals surface area contributed by atoms with Gasteiger partial charge in [0.15, 0.2) is 0 Å². The van der Waals surface area contributed by atoms with Gasteiger partial charge < -0.3 is 10.1 Å². The zero-order chi connectivity index (χ0) is 14.3. The molecule has 0 amide bonds. The number of hydrogen-bond acceptors (Lipinski definition) is 5. The first kappa shape index (κ1) is 14.8. The summed E-state index contributed by atoms with van der Waals surface area (Å²) in [4.78, 5) is 21.3. The van der Waals surface area contributed by atoms with Gasteiger partial charge in [-0.05, 0) is 12.5 Å². The number of non-ortho nitro benzene ring substituents is 1. The van der Waals surface area contributed by atoms with Crippen molar-refractivity contribution in [2.75, 3.05) is 13.2 Å². The Kier molecular flexibility index (Phi) is 5.69. The van der Waals surface area contributed by atoms with E-state index >= 15 is 0 Å². The number of carbonyl (C=O) groups is 1. The molecule has 0 aliphatic rings. The van der Waals surface area contributed by atoms with Crippen molar-refractivity contribution in [3.63, 3.8) is 0 Å². The molecule has 102 valence electrons. The van der Waals surface area contributed by atoms with Gasteiger partial charge in [0.25, 0.3) is 5.69 Å². The summed E-state index contributed by atoms with van der Waals surface area (Å²) in [6, 6.07) is 6.21. The molecule has 1 N–H and O–H groups in total. The summed E-state index contributed by atoms with van der Waals surface area (Å²) in [5, 5.41) is 13.5. The lowest BCUT2D eigenvalue weighted by molar-refractivity contribution is -0.384. The Hall–Kier alpha value is -2.21. The summed E-state index contributed by atoms with van der Waals surface area (Å²) in [5.74, 6) is -0.418. The SMILES string of the molecule is C=C(CNCc1ccc([N+](=O)[O-])cc1)C(=O)OCC. The van der Waals surface area contributed by atoms with E-state index in [-0.39, 0.29) is 5.69 Å². The Balaban J connectivity index is 2.39. The van der Waals surface area contributed by atoms with Crippen molar-refractivity contribution in [1.82, 2.24) is 5.32 Å². The Morgan fingerprint density at radius 3 is 2.58 bits per heavy atom. The van der Waals surface area contributed by atoms with E-state index in [4.69, 9.17) is 4.74 Å². The van der Waals surface area contributed by atoms with E-state index in [1.54, 1.807) is 19.1 Å². The fourth-order valence-electron chi connectivity index (χ4n) is 1.40. The van der Waals surface area contributed by atoms with Crippen molar-refractivity contribution in [2.24, 2.45) is 0 Å². The van der Waals surface area contributed by atoms with Crippen LogP contribution in [0.3, 0.4) is 0 Å². The molecule has 0 saturated heterocycles. The van der Waals surface area contributed by atoms with Crippen molar-refractivity contribution in [3.8, 4) is 0 Å². The molecule has 0 aliphatic carbocycles. The van der Waals surface area contributed by atoms with Crippen molar-refractivity contribution in [2.45, 2.75) is 13.5 Å². The third-order valence-electron chi connectivity index (χ3n) is 2.38. The summed E-state index contributed by atoms with van der Waals surface area (Å²) in [6.45, 7) is 6.48. The number of nitro benzene ring substituents is 1. The van der Waals surface area contributed by atoms with Crippen molar-refractivity contribution >= 4 is 11.7 Å². The van der Waals surface area contributed by atoms with Gasteiger partial charge in [0, 0.05) is 30.8 Å². The third-order valence-corrected chi connectivity index (χ3v) is 2.38. The smallest absolute Gasteiger partial charge is 0.334 e. The number of rotatable bonds is 7. The summed E-state index contributed by atoms with van der Waals surface area (Å²) in [6.07, 6.45) is 0.